The van der Waals surface area contributed by atoms with Gasteiger partial charge in [0.15, 0.2) is 17.3 Å². The van der Waals surface area contributed by atoms with Crippen molar-refractivity contribution in [3.8, 4) is 17.2 Å². The van der Waals surface area contributed by atoms with Crippen LogP contribution in [0, 0.1) is 0 Å². The molecule has 2 aromatic carbocycles. The fourth-order valence-corrected chi connectivity index (χ4v) is 7.04. The SMILES string of the molecule is CCCCCCCCCOc1cc(C(=O)C=Cc2ccc(SC(C)(C)C)cc2)cc(OCCCCCCCCC)c1OCCCCCCCCC. The van der Waals surface area contributed by atoms with Gasteiger partial charge in [-0.2, -0.15) is 0 Å². The van der Waals surface area contributed by atoms with Gasteiger partial charge in [0.25, 0.3) is 0 Å². The minimum absolute atomic E-state index is 0.0664. The molecular weight excluding hydrogens is 649 g/mol. The number of hydrogen-bond donors (Lipinski definition) is 0. The van der Waals surface area contributed by atoms with E-state index in [0.29, 0.717) is 42.6 Å². The summed E-state index contributed by atoms with van der Waals surface area (Å²) >= 11 is 1.84. The second-order valence-corrected chi connectivity index (χ2v) is 17.1. The molecule has 0 fully saturated rings. The zero-order chi connectivity index (χ0) is 37.0. The van der Waals surface area contributed by atoms with Gasteiger partial charge in [-0.15, -0.1) is 11.8 Å². The van der Waals surface area contributed by atoms with Gasteiger partial charge in [-0.25, -0.2) is 0 Å². The van der Waals surface area contributed by atoms with Crippen LogP contribution in [0.1, 0.15) is 192 Å². The highest BCUT2D eigenvalue weighted by Crippen LogP contribution is 2.40. The molecule has 0 bridgehead atoms. The summed E-state index contributed by atoms with van der Waals surface area (Å²) in [6, 6.07) is 12.2. The Kier molecular flexibility index (Phi) is 24.7. The maximum Gasteiger partial charge on any atom is 0.203 e. The summed E-state index contributed by atoms with van der Waals surface area (Å²) in [7, 11) is 0. The van der Waals surface area contributed by atoms with E-state index in [4.69, 9.17) is 14.2 Å². The van der Waals surface area contributed by atoms with Crippen LogP contribution < -0.4 is 14.2 Å². The molecule has 0 aliphatic carbocycles. The van der Waals surface area contributed by atoms with E-state index in [1.807, 2.05) is 30.0 Å². The summed E-state index contributed by atoms with van der Waals surface area (Å²) in [6.45, 7) is 15.2. The highest BCUT2D eigenvalue weighted by Gasteiger charge is 2.19. The van der Waals surface area contributed by atoms with Crippen molar-refractivity contribution >= 4 is 23.6 Å². The second-order valence-electron chi connectivity index (χ2n) is 15.2. The van der Waals surface area contributed by atoms with Crippen LogP contribution in [-0.2, 0) is 0 Å². The van der Waals surface area contributed by atoms with E-state index in [0.717, 1.165) is 44.1 Å². The van der Waals surface area contributed by atoms with E-state index in [1.54, 1.807) is 6.08 Å². The third kappa shape index (κ3) is 21.7. The van der Waals surface area contributed by atoms with E-state index in [2.05, 4.69) is 65.8 Å². The molecule has 288 valence electrons. The van der Waals surface area contributed by atoms with Crippen molar-refractivity contribution in [2.45, 2.75) is 186 Å². The molecule has 2 rings (SSSR count). The third-order valence-corrected chi connectivity index (χ3v) is 10.2. The summed E-state index contributed by atoms with van der Waals surface area (Å²) in [5.41, 5.74) is 1.57. The van der Waals surface area contributed by atoms with Gasteiger partial charge in [-0.05, 0) is 55.2 Å². The Morgan fingerprint density at radius 3 is 1.37 bits per heavy atom. The Morgan fingerprint density at radius 1 is 0.569 bits per heavy atom. The van der Waals surface area contributed by atoms with Crippen LogP contribution in [0.15, 0.2) is 47.4 Å². The molecule has 0 unspecified atom stereocenters. The van der Waals surface area contributed by atoms with Gasteiger partial charge in [-0.1, -0.05) is 175 Å². The van der Waals surface area contributed by atoms with E-state index < -0.39 is 0 Å². The van der Waals surface area contributed by atoms with Gasteiger partial charge in [0.05, 0.1) is 19.8 Å². The van der Waals surface area contributed by atoms with Crippen molar-refractivity contribution in [2.24, 2.45) is 0 Å². The van der Waals surface area contributed by atoms with Crippen molar-refractivity contribution in [1.82, 2.24) is 0 Å². The monoisotopic (exact) mass is 723 g/mol. The molecule has 0 aliphatic heterocycles. The Bertz CT molecular complexity index is 1160. The van der Waals surface area contributed by atoms with Crippen LogP contribution in [0.3, 0.4) is 0 Å². The number of unbranched alkanes of at least 4 members (excludes halogenated alkanes) is 18. The first-order valence-corrected chi connectivity index (χ1v) is 21.7. The molecule has 0 saturated heterocycles. The number of hydrogen-bond acceptors (Lipinski definition) is 5. The molecule has 0 N–H and O–H groups in total. The predicted octanol–water partition coefficient (Wildman–Crippen LogP) is 14.9. The van der Waals surface area contributed by atoms with Crippen LogP contribution in [0.5, 0.6) is 17.2 Å². The van der Waals surface area contributed by atoms with Gasteiger partial charge >= 0.3 is 0 Å². The molecule has 0 atom stereocenters. The lowest BCUT2D eigenvalue weighted by atomic mass is 10.1. The lowest BCUT2D eigenvalue weighted by Crippen LogP contribution is -2.08. The smallest absolute Gasteiger partial charge is 0.203 e. The lowest BCUT2D eigenvalue weighted by molar-refractivity contribution is 0.104. The van der Waals surface area contributed by atoms with Crippen LogP contribution in [0.25, 0.3) is 6.08 Å². The Balaban J connectivity index is 2.22. The number of carbonyl (C=O) groups excluding carboxylic acids is 1. The second kappa shape index (κ2) is 28.1. The van der Waals surface area contributed by atoms with Crippen molar-refractivity contribution in [2.75, 3.05) is 19.8 Å². The number of allylic oxidation sites excluding steroid dienone is 1. The normalized spacial score (nSPS) is 11.7. The van der Waals surface area contributed by atoms with Crippen LogP contribution in [-0.4, -0.2) is 30.4 Å². The standard InChI is InChI=1S/C46H74O4S/c1-7-10-13-16-19-22-25-34-48-43-37-40(42(47)33-30-39-28-31-41(32-29-39)51-46(4,5)6)38-44(49-35-26-23-20-17-14-11-8-2)45(43)50-36-27-24-21-18-15-12-9-3/h28-33,37-38H,7-27,34-36H2,1-6H3. The van der Waals surface area contributed by atoms with Crippen molar-refractivity contribution in [1.29, 1.82) is 0 Å². The molecule has 0 saturated carbocycles. The van der Waals surface area contributed by atoms with E-state index in [9.17, 15) is 4.79 Å². The van der Waals surface area contributed by atoms with Crippen LogP contribution in [0.2, 0.25) is 0 Å². The van der Waals surface area contributed by atoms with Crippen molar-refractivity contribution < 1.29 is 19.0 Å². The molecule has 0 amide bonds. The first-order valence-electron chi connectivity index (χ1n) is 20.8. The first-order chi connectivity index (χ1) is 24.8. The molecule has 0 aliphatic rings. The molecule has 0 heterocycles. The van der Waals surface area contributed by atoms with E-state index >= 15 is 0 Å². The zero-order valence-electron chi connectivity index (χ0n) is 33.6. The summed E-state index contributed by atoms with van der Waals surface area (Å²) in [5.74, 6) is 1.84. The molecule has 0 spiro atoms. The molecular formula is C46H74O4S. The number of carbonyl (C=O) groups is 1. The summed E-state index contributed by atoms with van der Waals surface area (Å²) in [5, 5.41) is 0. The zero-order valence-corrected chi connectivity index (χ0v) is 34.4. The van der Waals surface area contributed by atoms with Gasteiger partial charge in [0, 0.05) is 15.2 Å². The third-order valence-electron chi connectivity index (χ3n) is 9.04. The molecule has 0 aromatic heterocycles. The summed E-state index contributed by atoms with van der Waals surface area (Å²) in [4.78, 5) is 14.9. The summed E-state index contributed by atoms with van der Waals surface area (Å²) in [6.07, 6.45) is 29.2. The minimum atomic E-state index is -0.0664. The molecule has 4 nitrogen and oxygen atoms in total. The first kappa shape index (κ1) is 44.8. The largest absolute Gasteiger partial charge is 0.490 e. The maximum absolute atomic E-state index is 13.7. The Hall–Kier alpha value is -2.40. The quantitative estimate of drug-likeness (QED) is 0.0335. The van der Waals surface area contributed by atoms with E-state index in [-0.39, 0.29) is 10.5 Å². The Morgan fingerprint density at radius 2 is 0.961 bits per heavy atom. The number of benzene rings is 2. The average Bonchev–Trinajstić information content (AvgIpc) is 3.11. The number of rotatable bonds is 31. The lowest BCUT2D eigenvalue weighted by Gasteiger charge is -2.18. The molecule has 51 heavy (non-hydrogen) atoms. The van der Waals surface area contributed by atoms with E-state index in [1.165, 1.54) is 101 Å². The van der Waals surface area contributed by atoms with Gasteiger partial charge in [-0.3, -0.25) is 4.79 Å². The van der Waals surface area contributed by atoms with Gasteiger partial charge in [0.2, 0.25) is 5.75 Å². The predicted molar refractivity (Wildman–Crippen MR) is 222 cm³/mol. The number of ketones is 1. The average molecular weight is 723 g/mol. The van der Waals surface area contributed by atoms with Gasteiger partial charge < -0.3 is 14.2 Å². The topological polar surface area (TPSA) is 44.8 Å². The Labute approximate surface area is 318 Å². The molecule has 2 aromatic rings. The highest BCUT2D eigenvalue weighted by molar-refractivity contribution is 8.00. The van der Waals surface area contributed by atoms with Crippen molar-refractivity contribution in [3.63, 3.8) is 0 Å². The number of ether oxygens (including phenoxy) is 3. The van der Waals surface area contributed by atoms with Crippen LogP contribution >= 0.6 is 11.8 Å². The highest BCUT2D eigenvalue weighted by atomic mass is 32.2. The fraction of sp³-hybridized carbons (Fsp3) is 0.674. The minimum Gasteiger partial charge on any atom is -0.490 e. The molecule has 0 radical (unpaired) electrons. The maximum atomic E-state index is 13.7. The number of thioether (sulfide) groups is 1. The van der Waals surface area contributed by atoms with Gasteiger partial charge in [0.1, 0.15) is 0 Å². The van der Waals surface area contributed by atoms with Crippen molar-refractivity contribution in [3.05, 3.63) is 53.6 Å². The fourth-order valence-electron chi connectivity index (χ4n) is 6.06. The summed E-state index contributed by atoms with van der Waals surface area (Å²) < 4.78 is 19.5. The van der Waals surface area contributed by atoms with Crippen LogP contribution in [0.4, 0.5) is 0 Å². The molecule has 5 heteroatoms.